The van der Waals surface area contributed by atoms with Gasteiger partial charge in [0.25, 0.3) is 5.56 Å². The fourth-order valence-electron chi connectivity index (χ4n) is 2.90. The second-order valence-corrected chi connectivity index (χ2v) is 9.63. The Kier molecular flexibility index (Phi) is 5.13. The largest absolute Gasteiger partial charge is 0.340 e. The van der Waals surface area contributed by atoms with Crippen molar-refractivity contribution < 1.29 is 4.79 Å². The maximum Gasteiger partial charge on any atom is 0.260 e. The molecule has 4 heterocycles. The van der Waals surface area contributed by atoms with Gasteiger partial charge in [0.05, 0.1) is 29.6 Å². The van der Waals surface area contributed by atoms with Gasteiger partial charge >= 0.3 is 0 Å². The van der Waals surface area contributed by atoms with Crippen LogP contribution in [0.15, 0.2) is 27.8 Å². The Morgan fingerprint density at radius 3 is 2.75 bits per heavy atom. The number of likely N-dealkylation sites (N-methyl/N-ethyl adjacent to an activating group) is 1. The summed E-state index contributed by atoms with van der Waals surface area (Å²) in [5, 5.41) is 2.55. The highest BCUT2D eigenvalue weighted by atomic mass is 32.1. The minimum Gasteiger partial charge on any atom is -0.340 e. The highest BCUT2D eigenvalue weighted by Gasteiger charge is 2.17. The number of thiophene rings is 2. The number of nitrogens with zero attached hydrogens (tertiary/aromatic N) is 3. The first-order valence-corrected chi connectivity index (χ1v) is 11.2. The molecule has 0 saturated heterocycles. The normalized spacial score (nSPS) is 11.2. The first kappa shape index (κ1) is 19.0. The van der Waals surface area contributed by atoms with E-state index in [-0.39, 0.29) is 17.9 Å². The second-order valence-electron chi connectivity index (χ2n) is 6.54. The number of hydrogen-bond donors (Lipinski definition) is 1. The molecular formula is C19H18N4O2S3. The number of H-pyrrole nitrogens is 1. The number of aromatic amines is 1. The summed E-state index contributed by atoms with van der Waals surface area (Å²) in [5.41, 5.74) is 3.42. The topological polar surface area (TPSA) is 79.0 Å². The van der Waals surface area contributed by atoms with Crippen molar-refractivity contribution in [3.8, 4) is 10.4 Å². The quantitative estimate of drug-likeness (QED) is 0.519. The van der Waals surface area contributed by atoms with Gasteiger partial charge in [-0.1, -0.05) is 0 Å². The molecule has 0 aromatic carbocycles. The number of aryl methyl sites for hydroxylation is 2. The maximum absolute atomic E-state index is 12.7. The van der Waals surface area contributed by atoms with Crippen LogP contribution in [0.25, 0.3) is 20.7 Å². The molecule has 0 saturated carbocycles. The molecule has 0 aliphatic carbocycles. The molecule has 0 atom stereocenters. The molecule has 9 heteroatoms. The third kappa shape index (κ3) is 3.65. The predicted octanol–water partition coefficient (Wildman–Crippen LogP) is 3.99. The number of rotatable bonds is 5. The molecule has 0 spiro atoms. The van der Waals surface area contributed by atoms with Crippen LogP contribution in [0, 0.1) is 13.8 Å². The number of nitrogens with one attached hydrogen (secondary N) is 1. The van der Waals surface area contributed by atoms with Crippen molar-refractivity contribution in [2.24, 2.45) is 0 Å². The van der Waals surface area contributed by atoms with Gasteiger partial charge in [-0.15, -0.1) is 34.0 Å². The number of thiazole rings is 1. The van der Waals surface area contributed by atoms with Crippen LogP contribution >= 0.6 is 34.0 Å². The van der Waals surface area contributed by atoms with Crippen LogP contribution in [0.3, 0.4) is 0 Å². The summed E-state index contributed by atoms with van der Waals surface area (Å²) in [7, 11) is 1.75. The zero-order chi connectivity index (χ0) is 19.8. The molecular weight excluding hydrogens is 412 g/mol. The fourth-order valence-corrected chi connectivity index (χ4v) is 5.65. The Morgan fingerprint density at radius 2 is 2.07 bits per heavy atom. The number of carbonyl (C=O) groups is 1. The van der Waals surface area contributed by atoms with Crippen LogP contribution in [0.1, 0.15) is 21.3 Å². The fraction of sp³-hybridized carbons (Fsp3) is 0.263. The van der Waals surface area contributed by atoms with Crippen LogP contribution in [0.2, 0.25) is 0 Å². The lowest BCUT2D eigenvalue weighted by Crippen LogP contribution is -2.29. The highest BCUT2D eigenvalue weighted by Crippen LogP contribution is 2.35. The lowest BCUT2D eigenvalue weighted by atomic mass is 10.2. The maximum atomic E-state index is 12.7. The molecule has 6 nitrogen and oxygen atoms in total. The first-order valence-electron chi connectivity index (χ1n) is 8.62. The van der Waals surface area contributed by atoms with E-state index >= 15 is 0 Å². The van der Waals surface area contributed by atoms with Gasteiger partial charge < -0.3 is 9.88 Å². The zero-order valence-corrected chi connectivity index (χ0v) is 18.1. The van der Waals surface area contributed by atoms with E-state index in [1.807, 2.05) is 31.4 Å². The van der Waals surface area contributed by atoms with Gasteiger partial charge in [-0.05, 0) is 26.0 Å². The Morgan fingerprint density at radius 1 is 1.25 bits per heavy atom. The molecule has 1 N–H and O–H groups in total. The molecule has 0 aliphatic rings. The Hall–Kier alpha value is -2.36. The van der Waals surface area contributed by atoms with Crippen molar-refractivity contribution in [2.45, 2.75) is 26.8 Å². The van der Waals surface area contributed by atoms with Crippen molar-refractivity contribution in [3.05, 3.63) is 54.6 Å². The van der Waals surface area contributed by atoms with Crippen molar-refractivity contribution in [1.29, 1.82) is 0 Å². The number of fused-ring (bicyclic) bond motifs is 1. The number of carbonyl (C=O) groups excluding carboxylic acids is 1. The summed E-state index contributed by atoms with van der Waals surface area (Å²) in [5.74, 6) is 0.298. The molecule has 28 heavy (non-hydrogen) atoms. The average molecular weight is 431 g/mol. The lowest BCUT2D eigenvalue weighted by Gasteiger charge is -2.16. The number of amides is 1. The zero-order valence-electron chi connectivity index (χ0n) is 15.6. The molecule has 144 valence electrons. The van der Waals surface area contributed by atoms with Gasteiger partial charge in [0, 0.05) is 32.6 Å². The van der Waals surface area contributed by atoms with E-state index in [0.717, 1.165) is 21.0 Å². The molecule has 1 amide bonds. The van der Waals surface area contributed by atoms with E-state index in [9.17, 15) is 9.59 Å². The Bertz CT molecular complexity index is 1220. The van der Waals surface area contributed by atoms with E-state index < -0.39 is 0 Å². The minimum atomic E-state index is -0.198. The number of hydrogen-bond acceptors (Lipinski definition) is 7. The van der Waals surface area contributed by atoms with Crippen LogP contribution in [-0.2, 0) is 17.8 Å². The average Bonchev–Trinajstić information content (AvgIpc) is 3.35. The summed E-state index contributed by atoms with van der Waals surface area (Å²) in [6, 6.07) is 4.06. The molecule has 0 radical (unpaired) electrons. The number of aromatic nitrogens is 3. The van der Waals surface area contributed by atoms with E-state index in [2.05, 4.69) is 15.0 Å². The minimum absolute atomic E-state index is 0.0604. The summed E-state index contributed by atoms with van der Waals surface area (Å²) in [4.78, 5) is 42.4. The summed E-state index contributed by atoms with van der Waals surface area (Å²) in [6.07, 6.45) is 0.0604. The summed E-state index contributed by atoms with van der Waals surface area (Å²) >= 11 is 4.62. The molecule has 0 fully saturated rings. The smallest absolute Gasteiger partial charge is 0.260 e. The van der Waals surface area contributed by atoms with E-state index in [1.54, 1.807) is 28.8 Å². The molecule has 4 rings (SSSR count). The van der Waals surface area contributed by atoms with Crippen molar-refractivity contribution in [2.75, 3.05) is 7.05 Å². The standard InChI is InChI=1S/C19H18N4O2S3/c1-10-4-5-13(28-10)12-8-26-19-17(12)18(25)21-15(22-19)6-16(24)23(3)7-14-11(2)20-9-27-14/h4-5,8-9H,6-7H2,1-3H3,(H,21,22,25). The molecule has 0 unspecified atom stereocenters. The Balaban J connectivity index is 1.57. The third-order valence-electron chi connectivity index (χ3n) is 4.47. The summed E-state index contributed by atoms with van der Waals surface area (Å²) < 4.78 is 0. The van der Waals surface area contributed by atoms with Crippen LogP contribution in [0.4, 0.5) is 0 Å². The van der Waals surface area contributed by atoms with Crippen LogP contribution in [0.5, 0.6) is 0 Å². The molecule has 0 aliphatic heterocycles. The Labute approximate surface area is 173 Å². The van der Waals surface area contributed by atoms with Gasteiger partial charge in [0.1, 0.15) is 10.7 Å². The first-order chi connectivity index (χ1) is 13.4. The van der Waals surface area contributed by atoms with Crippen molar-refractivity contribution in [3.63, 3.8) is 0 Å². The van der Waals surface area contributed by atoms with E-state index in [4.69, 9.17) is 0 Å². The lowest BCUT2D eigenvalue weighted by molar-refractivity contribution is -0.129. The highest BCUT2D eigenvalue weighted by molar-refractivity contribution is 7.19. The van der Waals surface area contributed by atoms with Gasteiger partial charge in [0.2, 0.25) is 5.91 Å². The van der Waals surface area contributed by atoms with E-state index in [0.29, 0.717) is 22.6 Å². The molecule has 4 aromatic rings. The monoisotopic (exact) mass is 430 g/mol. The molecule has 4 aromatic heterocycles. The van der Waals surface area contributed by atoms with E-state index in [1.165, 1.54) is 27.6 Å². The van der Waals surface area contributed by atoms with Crippen molar-refractivity contribution in [1.82, 2.24) is 19.9 Å². The van der Waals surface area contributed by atoms with Gasteiger partial charge in [0.15, 0.2) is 0 Å². The second kappa shape index (κ2) is 7.57. The SMILES string of the molecule is Cc1ccc(-c2csc3nc(CC(=O)N(C)Cc4scnc4C)[nH]c(=O)c23)s1. The van der Waals surface area contributed by atoms with Gasteiger partial charge in [-0.2, -0.15) is 0 Å². The predicted molar refractivity (Wildman–Crippen MR) is 115 cm³/mol. The van der Waals surface area contributed by atoms with Gasteiger partial charge in [-0.25, -0.2) is 9.97 Å². The van der Waals surface area contributed by atoms with Gasteiger partial charge in [-0.3, -0.25) is 9.59 Å². The molecule has 0 bridgehead atoms. The summed E-state index contributed by atoms with van der Waals surface area (Å²) in [6.45, 7) is 4.47. The van der Waals surface area contributed by atoms with Crippen molar-refractivity contribution >= 4 is 50.1 Å². The third-order valence-corrected chi connectivity index (χ3v) is 7.29. The van der Waals surface area contributed by atoms with Crippen LogP contribution in [-0.4, -0.2) is 32.8 Å². The van der Waals surface area contributed by atoms with Crippen LogP contribution < -0.4 is 5.56 Å².